The van der Waals surface area contributed by atoms with Crippen LogP contribution in [0.4, 0.5) is 4.39 Å². The van der Waals surface area contributed by atoms with Gasteiger partial charge in [-0.05, 0) is 55.4 Å². The second-order valence-electron chi connectivity index (χ2n) is 8.76. The second kappa shape index (κ2) is 8.81. The predicted octanol–water partition coefficient (Wildman–Crippen LogP) is 6.02. The molecule has 7 heteroatoms. The number of rotatable bonds is 5. The topological polar surface area (TPSA) is 77.6 Å². The van der Waals surface area contributed by atoms with Crippen LogP contribution in [0.5, 0.6) is 0 Å². The molecule has 1 unspecified atom stereocenters. The second-order valence-corrected chi connectivity index (χ2v) is 8.76. The molecule has 0 amide bonds. The number of nitrogens with zero attached hydrogens (tertiary/aromatic N) is 5. The lowest BCUT2D eigenvalue weighted by atomic mass is 9.79. The molecule has 3 heterocycles. The molecular formula is C26H26FN5O. The highest BCUT2D eigenvalue weighted by atomic mass is 19.1. The van der Waals surface area contributed by atoms with E-state index in [-0.39, 0.29) is 11.7 Å². The summed E-state index contributed by atoms with van der Waals surface area (Å²) < 4.78 is 20.2. The van der Waals surface area contributed by atoms with E-state index in [1.165, 1.54) is 6.07 Å². The first-order valence-electron chi connectivity index (χ1n) is 11.4. The summed E-state index contributed by atoms with van der Waals surface area (Å²) in [4.78, 5) is 13.8. The van der Waals surface area contributed by atoms with Gasteiger partial charge >= 0.3 is 0 Å². The summed E-state index contributed by atoms with van der Waals surface area (Å²) in [6.45, 7) is 6.18. The highest BCUT2D eigenvalue weighted by Gasteiger charge is 2.30. The zero-order valence-corrected chi connectivity index (χ0v) is 19.0. The minimum absolute atomic E-state index is 0.0306. The molecular weight excluding hydrogens is 417 g/mol. The Kier molecular flexibility index (Phi) is 5.70. The van der Waals surface area contributed by atoms with Gasteiger partial charge in [0.2, 0.25) is 5.89 Å². The van der Waals surface area contributed by atoms with Crippen LogP contribution in [0.1, 0.15) is 73.2 Å². The maximum absolute atomic E-state index is 14.6. The fourth-order valence-electron chi connectivity index (χ4n) is 4.60. The molecule has 5 rings (SSSR count). The number of fused-ring (bicyclic) bond motifs is 1. The Hall–Kier alpha value is -3.48. The highest BCUT2D eigenvalue weighted by molar-refractivity contribution is 5.65. The highest BCUT2D eigenvalue weighted by Crippen LogP contribution is 2.41. The Morgan fingerprint density at radius 3 is 2.79 bits per heavy atom. The zero-order valence-electron chi connectivity index (χ0n) is 19.0. The number of aryl methyl sites for hydroxylation is 2. The number of benzene rings is 1. The van der Waals surface area contributed by atoms with E-state index >= 15 is 0 Å². The van der Waals surface area contributed by atoms with Crippen molar-refractivity contribution in [1.82, 2.24) is 25.1 Å². The molecule has 168 valence electrons. The van der Waals surface area contributed by atoms with E-state index in [9.17, 15) is 4.39 Å². The molecule has 1 aliphatic rings. The Labute approximate surface area is 192 Å². The molecule has 0 saturated heterocycles. The number of aromatic nitrogens is 5. The van der Waals surface area contributed by atoms with E-state index in [1.54, 1.807) is 24.7 Å². The molecule has 1 aliphatic carbocycles. The largest absolute Gasteiger partial charge is 0.443 e. The first-order valence-corrected chi connectivity index (χ1v) is 11.4. The molecule has 6 nitrogen and oxygen atoms in total. The molecule has 0 spiro atoms. The SMILES string of the molecule is CCCc1coc(-c2cncc(C3CC[C@H](C)c4cc(-c5c(C)cccc5F)nnc43)n2)n1. The van der Waals surface area contributed by atoms with Crippen LogP contribution in [0.15, 0.2) is 47.3 Å². The Balaban J connectivity index is 1.52. The van der Waals surface area contributed by atoms with Gasteiger partial charge in [-0.25, -0.2) is 14.4 Å². The lowest BCUT2D eigenvalue weighted by Crippen LogP contribution is -2.18. The van der Waals surface area contributed by atoms with E-state index in [4.69, 9.17) is 9.40 Å². The molecule has 4 aromatic rings. The molecule has 0 fully saturated rings. The Bertz CT molecular complexity index is 1280. The van der Waals surface area contributed by atoms with Gasteiger partial charge in [0, 0.05) is 17.7 Å². The van der Waals surface area contributed by atoms with Crippen molar-refractivity contribution in [2.24, 2.45) is 0 Å². The molecule has 0 N–H and O–H groups in total. The first-order chi connectivity index (χ1) is 16.0. The maximum atomic E-state index is 14.6. The van der Waals surface area contributed by atoms with Gasteiger partial charge in [-0.3, -0.25) is 4.98 Å². The van der Waals surface area contributed by atoms with Gasteiger partial charge in [0.05, 0.1) is 29.0 Å². The fourth-order valence-corrected chi connectivity index (χ4v) is 4.60. The van der Waals surface area contributed by atoms with Crippen LogP contribution < -0.4 is 0 Å². The van der Waals surface area contributed by atoms with E-state index in [0.717, 1.165) is 53.9 Å². The quantitative estimate of drug-likeness (QED) is 0.375. The average molecular weight is 444 g/mol. The van der Waals surface area contributed by atoms with E-state index in [2.05, 4.69) is 34.0 Å². The van der Waals surface area contributed by atoms with Crippen LogP contribution >= 0.6 is 0 Å². The van der Waals surface area contributed by atoms with Gasteiger partial charge in [-0.15, -0.1) is 0 Å². The number of hydrogen-bond acceptors (Lipinski definition) is 6. The van der Waals surface area contributed by atoms with Crippen LogP contribution in [-0.4, -0.2) is 25.1 Å². The Morgan fingerprint density at radius 2 is 1.97 bits per heavy atom. The van der Waals surface area contributed by atoms with E-state index < -0.39 is 0 Å². The van der Waals surface area contributed by atoms with Crippen molar-refractivity contribution in [3.05, 3.63) is 76.9 Å². The van der Waals surface area contributed by atoms with Crippen LogP contribution in [0, 0.1) is 12.7 Å². The zero-order chi connectivity index (χ0) is 22.9. The molecule has 2 atom stereocenters. The van der Waals surface area contributed by atoms with Crippen molar-refractivity contribution in [1.29, 1.82) is 0 Å². The van der Waals surface area contributed by atoms with Crippen molar-refractivity contribution in [2.45, 2.75) is 58.3 Å². The van der Waals surface area contributed by atoms with Crippen LogP contribution in [0.25, 0.3) is 22.8 Å². The summed E-state index contributed by atoms with van der Waals surface area (Å²) in [6, 6.07) is 7.06. The summed E-state index contributed by atoms with van der Waals surface area (Å²) in [5.74, 6) is 0.471. The molecule has 1 aromatic carbocycles. The standard InChI is InChI=1S/C26H26FN5O/c1-4-6-17-14-33-26(29-17)23-13-28-12-22(30-23)18-10-9-15(2)19-11-21(31-32-25(18)19)24-16(3)7-5-8-20(24)27/h5,7-8,11-15,18H,4,6,9-10H2,1-3H3/t15-,18?/m0/s1. The summed E-state index contributed by atoms with van der Waals surface area (Å²) in [5.41, 5.74) is 6.25. The van der Waals surface area contributed by atoms with Crippen LogP contribution in [0.2, 0.25) is 0 Å². The van der Waals surface area contributed by atoms with Gasteiger partial charge in [0.1, 0.15) is 17.8 Å². The summed E-state index contributed by atoms with van der Waals surface area (Å²) in [6.07, 6.45) is 8.87. The molecule has 0 radical (unpaired) electrons. The number of hydrogen-bond donors (Lipinski definition) is 0. The minimum atomic E-state index is -0.281. The summed E-state index contributed by atoms with van der Waals surface area (Å²) in [7, 11) is 0. The third-order valence-electron chi connectivity index (χ3n) is 6.37. The van der Waals surface area contributed by atoms with Gasteiger partial charge in [-0.2, -0.15) is 10.2 Å². The van der Waals surface area contributed by atoms with Crippen molar-refractivity contribution in [2.75, 3.05) is 0 Å². The summed E-state index contributed by atoms with van der Waals surface area (Å²) in [5, 5.41) is 9.02. The van der Waals surface area contributed by atoms with E-state index in [0.29, 0.717) is 28.8 Å². The fraction of sp³-hybridized carbons (Fsp3) is 0.346. The van der Waals surface area contributed by atoms with Gasteiger partial charge in [-0.1, -0.05) is 32.4 Å². The van der Waals surface area contributed by atoms with Crippen molar-refractivity contribution in [3.8, 4) is 22.8 Å². The molecule has 0 saturated carbocycles. The normalized spacial score (nSPS) is 17.7. The average Bonchev–Trinajstić information content (AvgIpc) is 3.29. The molecule has 0 bridgehead atoms. The van der Waals surface area contributed by atoms with Gasteiger partial charge < -0.3 is 4.42 Å². The predicted molar refractivity (Wildman–Crippen MR) is 123 cm³/mol. The van der Waals surface area contributed by atoms with Gasteiger partial charge in [0.15, 0.2) is 0 Å². The number of halogens is 1. The monoisotopic (exact) mass is 443 g/mol. The smallest absolute Gasteiger partial charge is 0.246 e. The summed E-state index contributed by atoms with van der Waals surface area (Å²) >= 11 is 0. The van der Waals surface area contributed by atoms with Crippen molar-refractivity contribution < 1.29 is 8.81 Å². The number of oxazole rings is 1. The van der Waals surface area contributed by atoms with Crippen LogP contribution in [0.3, 0.4) is 0 Å². The molecule has 0 aliphatic heterocycles. The third-order valence-corrected chi connectivity index (χ3v) is 6.37. The minimum Gasteiger partial charge on any atom is -0.443 e. The lowest BCUT2D eigenvalue weighted by Gasteiger charge is -2.28. The third kappa shape index (κ3) is 4.03. The van der Waals surface area contributed by atoms with Crippen molar-refractivity contribution >= 4 is 0 Å². The maximum Gasteiger partial charge on any atom is 0.246 e. The van der Waals surface area contributed by atoms with Crippen LogP contribution in [-0.2, 0) is 6.42 Å². The van der Waals surface area contributed by atoms with E-state index in [1.807, 2.05) is 19.1 Å². The van der Waals surface area contributed by atoms with Gasteiger partial charge in [0.25, 0.3) is 0 Å². The molecule has 33 heavy (non-hydrogen) atoms. The van der Waals surface area contributed by atoms with Crippen molar-refractivity contribution in [3.63, 3.8) is 0 Å². The first kappa shape index (κ1) is 21.4. The Morgan fingerprint density at radius 1 is 1.09 bits per heavy atom. The molecule has 3 aromatic heterocycles. The lowest BCUT2D eigenvalue weighted by molar-refractivity contribution is 0.517.